The van der Waals surface area contributed by atoms with Crippen molar-refractivity contribution in [2.45, 2.75) is 25.5 Å². The van der Waals surface area contributed by atoms with Gasteiger partial charge < -0.3 is 24.8 Å². The number of aliphatic hydroxyl groups is 1. The topological polar surface area (TPSA) is 88.1 Å². The predicted octanol–water partition coefficient (Wildman–Crippen LogP) is 2.17. The quantitative estimate of drug-likeness (QED) is 0.617. The molecule has 0 saturated carbocycles. The Bertz CT molecular complexity index is 825. The molecule has 0 spiro atoms. The molecule has 3 rings (SSSR count). The lowest BCUT2D eigenvalue weighted by molar-refractivity contribution is -0.155. The third kappa shape index (κ3) is 5.89. The number of nitrogens with one attached hydrogen (secondary N) is 1. The molecule has 0 unspecified atom stereocenters. The monoisotopic (exact) mass is 412 g/mol. The summed E-state index contributed by atoms with van der Waals surface area (Å²) in [5.41, 5.74) is 2.24. The fourth-order valence-electron chi connectivity index (χ4n) is 3.46. The summed E-state index contributed by atoms with van der Waals surface area (Å²) < 4.78 is 10.7. The molecule has 1 fully saturated rings. The van der Waals surface area contributed by atoms with E-state index in [0.717, 1.165) is 5.56 Å². The minimum atomic E-state index is -0.898. The van der Waals surface area contributed by atoms with Gasteiger partial charge in [-0.1, -0.05) is 42.5 Å². The van der Waals surface area contributed by atoms with Crippen molar-refractivity contribution in [1.82, 2.24) is 4.90 Å². The van der Waals surface area contributed by atoms with Crippen LogP contribution in [0.2, 0.25) is 0 Å². The van der Waals surface area contributed by atoms with Gasteiger partial charge in [-0.15, -0.1) is 0 Å². The van der Waals surface area contributed by atoms with Crippen molar-refractivity contribution in [3.8, 4) is 0 Å². The predicted molar refractivity (Wildman–Crippen MR) is 113 cm³/mol. The molecular formula is C23H28N2O5. The first-order valence-corrected chi connectivity index (χ1v) is 10.1. The summed E-state index contributed by atoms with van der Waals surface area (Å²) >= 11 is 0. The highest BCUT2D eigenvalue weighted by molar-refractivity contribution is 5.92. The fraction of sp³-hybridized carbons (Fsp3) is 0.391. The first-order chi connectivity index (χ1) is 14.6. The summed E-state index contributed by atoms with van der Waals surface area (Å²) in [5, 5.41) is 13.7. The molecule has 2 amide bonds. The molecule has 1 saturated heterocycles. The van der Waals surface area contributed by atoms with E-state index >= 15 is 0 Å². The van der Waals surface area contributed by atoms with Gasteiger partial charge in [0.1, 0.15) is 12.7 Å². The number of morpholine rings is 1. The molecule has 1 heterocycles. The Balaban J connectivity index is 1.61. The molecule has 7 nitrogen and oxygen atoms in total. The first-order valence-electron chi connectivity index (χ1n) is 10.1. The first kappa shape index (κ1) is 22.0. The Morgan fingerprint density at radius 2 is 1.97 bits per heavy atom. The van der Waals surface area contributed by atoms with E-state index in [1.165, 1.54) is 0 Å². The van der Waals surface area contributed by atoms with Crippen LogP contribution in [0, 0.1) is 0 Å². The summed E-state index contributed by atoms with van der Waals surface area (Å²) in [6.45, 7) is 3.57. The highest BCUT2D eigenvalue weighted by Gasteiger charge is 2.34. The van der Waals surface area contributed by atoms with Crippen LogP contribution in [0.5, 0.6) is 0 Å². The number of hydrogen-bond acceptors (Lipinski definition) is 5. The van der Waals surface area contributed by atoms with Crippen LogP contribution in [-0.2, 0) is 25.5 Å². The molecular weight excluding hydrogens is 384 g/mol. The summed E-state index contributed by atoms with van der Waals surface area (Å²) in [4.78, 5) is 26.1. The lowest BCUT2D eigenvalue weighted by atomic mass is 10.00. The average Bonchev–Trinajstić information content (AvgIpc) is 2.75. The third-order valence-corrected chi connectivity index (χ3v) is 5.02. The number of carbonyl (C=O) groups excluding carboxylic acids is 2. The van der Waals surface area contributed by atoms with Crippen LogP contribution in [0.25, 0.3) is 0 Å². The lowest BCUT2D eigenvalue weighted by Crippen LogP contribution is -2.53. The molecule has 0 aromatic heterocycles. The Labute approximate surface area is 176 Å². The van der Waals surface area contributed by atoms with Crippen LogP contribution in [0.1, 0.15) is 24.2 Å². The van der Waals surface area contributed by atoms with Crippen LogP contribution in [0.3, 0.4) is 0 Å². The molecule has 2 aromatic rings. The van der Waals surface area contributed by atoms with Gasteiger partial charge in [-0.05, 0) is 30.2 Å². The maximum atomic E-state index is 12.2. The number of hydrogen-bond donors (Lipinski definition) is 2. The van der Waals surface area contributed by atoms with Gasteiger partial charge in [0.05, 0.1) is 25.7 Å². The largest absolute Gasteiger partial charge is 0.386 e. The molecule has 1 aliphatic rings. The Morgan fingerprint density at radius 1 is 1.23 bits per heavy atom. The normalized spacial score (nSPS) is 17.6. The molecule has 2 atom stereocenters. The van der Waals surface area contributed by atoms with Crippen molar-refractivity contribution >= 4 is 17.5 Å². The number of benzene rings is 2. The zero-order valence-corrected chi connectivity index (χ0v) is 17.1. The van der Waals surface area contributed by atoms with Gasteiger partial charge in [-0.2, -0.15) is 0 Å². The standard InChI is InChI=1S/C23H28N2O5/c1-2-29-13-12-25-20(15-30-16-22(25)27)23(28)18-8-10-19(11-9-18)24-21(26)14-17-6-4-3-5-7-17/h3-11,20,23,28H,2,12-16H2,1H3,(H,24,26)/t20-,23-/m1/s1. The Kier molecular flexibility index (Phi) is 7.96. The van der Waals surface area contributed by atoms with Gasteiger partial charge >= 0.3 is 0 Å². The molecule has 2 N–H and O–H groups in total. The van der Waals surface area contributed by atoms with Gasteiger partial charge in [0.25, 0.3) is 0 Å². The zero-order valence-electron chi connectivity index (χ0n) is 17.1. The molecule has 7 heteroatoms. The molecule has 0 bridgehead atoms. The van der Waals surface area contributed by atoms with Crippen molar-refractivity contribution in [3.63, 3.8) is 0 Å². The van der Waals surface area contributed by atoms with E-state index in [0.29, 0.717) is 37.4 Å². The van der Waals surface area contributed by atoms with Gasteiger partial charge in [0.2, 0.25) is 11.8 Å². The molecule has 0 radical (unpaired) electrons. The van der Waals surface area contributed by atoms with E-state index in [1.54, 1.807) is 29.2 Å². The van der Waals surface area contributed by atoms with E-state index in [4.69, 9.17) is 9.47 Å². The summed E-state index contributed by atoms with van der Waals surface area (Å²) in [6, 6.07) is 16.0. The van der Waals surface area contributed by atoms with Crippen molar-refractivity contribution in [1.29, 1.82) is 0 Å². The number of ether oxygens (including phenoxy) is 2. The molecule has 1 aliphatic heterocycles. The highest BCUT2D eigenvalue weighted by Crippen LogP contribution is 2.25. The second-order valence-electron chi connectivity index (χ2n) is 7.14. The molecule has 160 valence electrons. The number of carbonyl (C=O) groups is 2. The van der Waals surface area contributed by atoms with Crippen molar-refractivity contribution in [2.75, 3.05) is 38.3 Å². The SMILES string of the molecule is CCOCCN1C(=O)COC[C@@H]1[C@H](O)c1ccc(NC(=O)Cc2ccccc2)cc1. The number of aliphatic hydroxyl groups excluding tert-OH is 1. The van der Waals surface area contributed by atoms with E-state index < -0.39 is 12.1 Å². The average molecular weight is 412 g/mol. The minimum Gasteiger partial charge on any atom is -0.386 e. The van der Waals surface area contributed by atoms with E-state index in [-0.39, 0.29) is 25.0 Å². The Morgan fingerprint density at radius 3 is 2.67 bits per heavy atom. The Hall–Kier alpha value is -2.74. The summed E-state index contributed by atoms with van der Waals surface area (Å²) in [6.07, 6.45) is -0.605. The van der Waals surface area contributed by atoms with Crippen LogP contribution in [-0.4, -0.2) is 60.8 Å². The fourth-order valence-corrected chi connectivity index (χ4v) is 3.46. The van der Waals surface area contributed by atoms with Gasteiger partial charge in [0, 0.05) is 18.8 Å². The van der Waals surface area contributed by atoms with E-state index in [1.807, 2.05) is 37.3 Å². The minimum absolute atomic E-state index is 0.0156. The van der Waals surface area contributed by atoms with Crippen molar-refractivity contribution in [2.24, 2.45) is 0 Å². The van der Waals surface area contributed by atoms with Gasteiger partial charge in [-0.25, -0.2) is 0 Å². The van der Waals surface area contributed by atoms with Crippen LogP contribution >= 0.6 is 0 Å². The summed E-state index contributed by atoms with van der Waals surface area (Å²) in [5.74, 6) is -0.266. The maximum Gasteiger partial charge on any atom is 0.249 e. The lowest BCUT2D eigenvalue weighted by Gasteiger charge is -2.38. The maximum absolute atomic E-state index is 12.2. The van der Waals surface area contributed by atoms with E-state index in [2.05, 4.69) is 5.32 Å². The highest BCUT2D eigenvalue weighted by atomic mass is 16.5. The van der Waals surface area contributed by atoms with Crippen molar-refractivity contribution in [3.05, 3.63) is 65.7 Å². The molecule has 30 heavy (non-hydrogen) atoms. The number of nitrogens with zero attached hydrogens (tertiary/aromatic N) is 1. The summed E-state index contributed by atoms with van der Waals surface area (Å²) in [7, 11) is 0. The molecule has 2 aromatic carbocycles. The van der Waals surface area contributed by atoms with Gasteiger partial charge in [0.15, 0.2) is 0 Å². The van der Waals surface area contributed by atoms with Crippen LogP contribution < -0.4 is 5.32 Å². The van der Waals surface area contributed by atoms with Crippen molar-refractivity contribution < 1.29 is 24.2 Å². The smallest absolute Gasteiger partial charge is 0.249 e. The van der Waals surface area contributed by atoms with Crippen LogP contribution in [0.4, 0.5) is 5.69 Å². The number of anilines is 1. The van der Waals surface area contributed by atoms with Crippen LogP contribution in [0.15, 0.2) is 54.6 Å². The third-order valence-electron chi connectivity index (χ3n) is 5.02. The number of amides is 2. The second-order valence-corrected chi connectivity index (χ2v) is 7.14. The second kappa shape index (κ2) is 10.9. The van der Waals surface area contributed by atoms with Gasteiger partial charge in [-0.3, -0.25) is 9.59 Å². The van der Waals surface area contributed by atoms with E-state index in [9.17, 15) is 14.7 Å². The molecule has 0 aliphatic carbocycles. The number of rotatable bonds is 9. The zero-order chi connectivity index (χ0) is 21.3.